The number of hydrogen-bond acceptors (Lipinski definition) is 3. The number of nitrogens with zero attached hydrogens (tertiary/aromatic N) is 4. The molecule has 0 radical (unpaired) electrons. The molecular formula is C19H14F2N4. The van der Waals surface area contributed by atoms with Crippen LogP contribution >= 0.6 is 0 Å². The molecule has 0 atom stereocenters. The average Bonchev–Trinajstić information content (AvgIpc) is 3.11. The van der Waals surface area contributed by atoms with Crippen molar-refractivity contribution in [3.63, 3.8) is 0 Å². The van der Waals surface area contributed by atoms with Crippen LogP contribution in [0.1, 0.15) is 5.56 Å². The molecular weight excluding hydrogens is 322 g/mol. The Balaban J connectivity index is 1.56. The van der Waals surface area contributed by atoms with Gasteiger partial charge in [-0.15, -0.1) is 5.10 Å². The molecule has 25 heavy (non-hydrogen) atoms. The van der Waals surface area contributed by atoms with E-state index in [9.17, 15) is 8.78 Å². The lowest BCUT2D eigenvalue weighted by Crippen LogP contribution is -2.02. The Morgan fingerprint density at radius 1 is 1.00 bits per heavy atom. The molecule has 0 spiro atoms. The molecule has 124 valence electrons. The molecule has 4 rings (SSSR count). The molecule has 4 aromatic rings. The zero-order valence-corrected chi connectivity index (χ0v) is 13.2. The molecule has 2 heterocycles. The fourth-order valence-electron chi connectivity index (χ4n) is 2.82. The normalized spacial score (nSPS) is 11.1. The van der Waals surface area contributed by atoms with Gasteiger partial charge in [-0.05, 0) is 35.6 Å². The van der Waals surface area contributed by atoms with Gasteiger partial charge in [0.05, 0.1) is 6.20 Å². The monoisotopic (exact) mass is 336 g/mol. The molecule has 0 saturated carbocycles. The highest BCUT2D eigenvalue weighted by atomic mass is 19.2. The second-order valence-electron chi connectivity index (χ2n) is 5.77. The van der Waals surface area contributed by atoms with E-state index >= 15 is 0 Å². The van der Waals surface area contributed by atoms with Crippen LogP contribution in [0.2, 0.25) is 0 Å². The van der Waals surface area contributed by atoms with Crippen LogP contribution in [-0.4, -0.2) is 20.0 Å². The summed E-state index contributed by atoms with van der Waals surface area (Å²) in [4.78, 5) is 4.13. The van der Waals surface area contributed by atoms with Crippen LogP contribution in [0.25, 0.3) is 22.0 Å². The Bertz CT molecular complexity index is 1040. The molecule has 0 aliphatic carbocycles. The van der Waals surface area contributed by atoms with Crippen LogP contribution in [-0.2, 0) is 13.0 Å². The van der Waals surface area contributed by atoms with Crippen LogP contribution in [0.4, 0.5) is 8.78 Å². The Morgan fingerprint density at radius 3 is 2.80 bits per heavy atom. The highest BCUT2D eigenvalue weighted by molar-refractivity contribution is 5.94. The molecule has 0 bridgehead atoms. The molecule has 0 saturated heterocycles. The third-order valence-electron chi connectivity index (χ3n) is 4.11. The van der Waals surface area contributed by atoms with E-state index in [4.69, 9.17) is 0 Å². The maximum Gasteiger partial charge on any atom is 0.159 e. The van der Waals surface area contributed by atoms with E-state index in [-0.39, 0.29) is 0 Å². The molecule has 6 heteroatoms. The minimum atomic E-state index is -0.836. The SMILES string of the molecule is Fc1ccc(CCn2cc(-c3cccc4cnccc34)nn2)cc1F. The summed E-state index contributed by atoms with van der Waals surface area (Å²) < 4.78 is 27.9. The van der Waals surface area contributed by atoms with Crippen molar-refractivity contribution in [2.45, 2.75) is 13.0 Å². The van der Waals surface area contributed by atoms with Crippen molar-refractivity contribution >= 4 is 10.8 Å². The largest absolute Gasteiger partial charge is 0.264 e. The van der Waals surface area contributed by atoms with Gasteiger partial charge < -0.3 is 0 Å². The van der Waals surface area contributed by atoms with Gasteiger partial charge in [-0.1, -0.05) is 29.5 Å². The molecule has 0 aliphatic heterocycles. The quantitative estimate of drug-likeness (QED) is 0.565. The van der Waals surface area contributed by atoms with Crippen LogP contribution in [0.15, 0.2) is 61.1 Å². The van der Waals surface area contributed by atoms with Crippen LogP contribution in [0.5, 0.6) is 0 Å². The standard InChI is InChI=1S/C19H14F2N4/c20-17-5-4-13(10-18(17)21)7-9-25-12-19(23-24-25)16-3-1-2-14-11-22-8-6-15(14)16/h1-6,8,10-12H,7,9H2. The lowest BCUT2D eigenvalue weighted by Gasteiger charge is -2.03. The van der Waals surface area contributed by atoms with E-state index in [1.807, 2.05) is 36.7 Å². The van der Waals surface area contributed by atoms with Crippen LogP contribution < -0.4 is 0 Å². The van der Waals surface area contributed by atoms with Crippen molar-refractivity contribution in [1.82, 2.24) is 20.0 Å². The molecule has 2 aromatic carbocycles. The first-order chi connectivity index (χ1) is 12.2. The van der Waals surface area contributed by atoms with Gasteiger partial charge in [-0.25, -0.2) is 8.78 Å². The summed E-state index contributed by atoms with van der Waals surface area (Å²) >= 11 is 0. The van der Waals surface area contributed by atoms with Crippen molar-refractivity contribution in [1.29, 1.82) is 0 Å². The number of aryl methyl sites for hydroxylation is 2. The minimum Gasteiger partial charge on any atom is -0.264 e. The predicted molar refractivity (Wildman–Crippen MR) is 90.8 cm³/mol. The molecule has 0 amide bonds. The number of pyridine rings is 1. The topological polar surface area (TPSA) is 43.6 Å². The molecule has 0 unspecified atom stereocenters. The van der Waals surface area contributed by atoms with E-state index in [2.05, 4.69) is 15.3 Å². The van der Waals surface area contributed by atoms with E-state index in [0.29, 0.717) is 18.5 Å². The van der Waals surface area contributed by atoms with Crippen LogP contribution in [0.3, 0.4) is 0 Å². The van der Waals surface area contributed by atoms with Gasteiger partial charge in [0.1, 0.15) is 5.69 Å². The summed E-state index contributed by atoms with van der Waals surface area (Å²) in [5.74, 6) is -1.67. The van der Waals surface area contributed by atoms with Crippen LogP contribution in [0, 0.1) is 11.6 Å². The third-order valence-corrected chi connectivity index (χ3v) is 4.11. The molecule has 0 N–H and O–H groups in total. The number of aromatic nitrogens is 4. The smallest absolute Gasteiger partial charge is 0.159 e. The highest BCUT2D eigenvalue weighted by Crippen LogP contribution is 2.26. The molecule has 2 aromatic heterocycles. The van der Waals surface area contributed by atoms with Gasteiger partial charge in [-0.3, -0.25) is 9.67 Å². The van der Waals surface area contributed by atoms with E-state index < -0.39 is 11.6 Å². The zero-order valence-electron chi connectivity index (χ0n) is 13.2. The van der Waals surface area contributed by atoms with Gasteiger partial charge in [0.25, 0.3) is 0 Å². The second kappa shape index (κ2) is 6.39. The lowest BCUT2D eigenvalue weighted by molar-refractivity contribution is 0.505. The fourth-order valence-corrected chi connectivity index (χ4v) is 2.82. The number of rotatable bonds is 4. The highest BCUT2D eigenvalue weighted by Gasteiger charge is 2.09. The number of halogens is 2. The van der Waals surface area contributed by atoms with Crippen molar-refractivity contribution in [2.24, 2.45) is 0 Å². The Morgan fingerprint density at radius 2 is 1.92 bits per heavy atom. The maximum atomic E-state index is 13.3. The van der Waals surface area contributed by atoms with Gasteiger partial charge in [0.2, 0.25) is 0 Å². The summed E-state index contributed by atoms with van der Waals surface area (Å²) in [6, 6.07) is 11.8. The number of benzene rings is 2. The molecule has 0 fully saturated rings. The van der Waals surface area contributed by atoms with Gasteiger partial charge in [0, 0.05) is 29.9 Å². The summed E-state index contributed by atoms with van der Waals surface area (Å²) in [6.45, 7) is 0.532. The second-order valence-corrected chi connectivity index (χ2v) is 5.77. The van der Waals surface area contributed by atoms with Gasteiger partial charge >= 0.3 is 0 Å². The van der Waals surface area contributed by atoms with Crippen molar-refractivity contribution in [2.75, 3.05) is 0 Å². The zero-order chi connectivity index (χ0) is 17.2. The lowest BCUT2D eigenvalue weighted by atomic mass is 10.0. The first-order valence-electron chi connectivity index (χ1n) is 7.88. The third kappa shape index (κ3) is 3.10. The Kier molecular flexibility index (Phi) is 3.93. The summed E-state index contributed by atoms with van der Waals surface area (Å²) in [5.41, 5.74) is 2.47. The molecule has 0 aliphatic rings. The maximum absolute atomic E-state index is 13.3. The van der Waals surface area contributed by atoms with E-state index in [1.165, 1.54) is 6.07 Å². The van der Waals surface area contributed by atoms with Crippen molar-refractivity contribution in [3.8, 4) is 11.3 Å². The average molecular weight is 336 g/mol. The first kappa shape index (κ1) is 15.4. The summed E-state index contributed by atoms with van der Waals surface area (Å²) in [7, 11) is 0. The van der Waals surface area contributed by atoms with E-state index in [1.54, 1.807) is 16.9 Å². The summed E-state index contributed by atoms with van der Waals surface area (Å²) in [5, 5.41) is 10.5. The fraction of sp³-hybridized carbons (Fsp3) is 0.105. The first-order valence-corrected chi connectivity index (χ1v) is 7.88. The molecule has 4 nitrogen and oxygen atoms in total. The minimum absolute atomic E-state index is 0.532. The van der Waals surface area contributed by atoms with Gasteiger partial charge in [-0.2, -0.15) is 0 Å². The van der Waals surface area contributed by atoms with Crippen molar-refractivity contribution < 1.29 is 8.78 Å². The van der Waals surface area contributed by atoms with Crippen molar-refractivity contribution in [3.05, 3.63) is 78.3 Å². The number of hydrogen-bond donors (Lipinski definition) is 0. The Labute approximate surface area is 142 Å². The number of fused-ring (bicyclic) bond motifs is 1. The van der Waals surface area contributed by atoms with E-state index in [0.717, 1.165) is 28.1 Å². The summed E-state index contributed by atoms with van der Waals surface area (Å²) in [6.07, 6.45) is 5.96. The predicted octanol–water partition coefficient (Wildman–Crippen LogP) is 4.01. The van der Waals surface area contributed by atoms with Gasteiger partial charge in [0.15, 0.2) is 11.6 Å². The Hall–Kier alpha value is -3.15.